The zero-order chi connectivity index (χ0) is 15.6. The van der Waals surface area contributed by atoms with Crippen LogP contribution in [0.25, 0.3) is 22.8 Å². The highest BCUT2D eigenvalue weighted by Gasteiger charge is 2.22. The van der Waals surface area contributed by atoms with Crippen molar-refractivity contribution in [3.63, 3.8) is 0 Å². The van der Waals surface area contributed by atoms with Gasteiger partial charge in [0.1, 0.15) is 11.4 Å². The lowest BCUT2D eigenvalue weighted by atomic mass is 10.1. The Morgan fingerprint density at radius 3 is 2.43 bits per heavy atom. The van der Waals surface area contributed by atoms with E-state index in [1.807, 2.05) is 18.2 Å². The third-order valence-electron chi connectivity index (χ3n) is 4.04. The first-order chi connectivity index (χ1) is 11.3. The second-order valence-corrected chi connectivity index (χ2v) is 5.73. The first kappa shape index (κ1) is 13.8. The van der Waals surface area contributed by atoms with E-state index in [1.54, 1.807) is 6.20 Å². The molecule has 5 heteroatoms. The van der Waals surface area contributed by atoms with Crippen LogP contribution in [0.3, 0.4) is 0 Å². The zero-order valence-corrected chi connectivity index (χ0v) is 13.0. The van der Waals surface area contributed by atoms with Crippen LogP contribution >= 0.6 is 0 Å². The summed E-state index contributed by atoms with van der Waals surface area (Å²) in [4.78, 5) is 11.3. The van der Waals surface area contributed by atoms with Crippen LogP contribution in [-0.4, -0.2) is 33.3 Å². The van der Waals surface area contributed by atoms with E-state index >= 15 is 0 Å². The van der Waals surface area contributed by atoms with Crippen molar-refractivity contribution in [2.45, 2.75) is 13.3 Å². The molecular formula is C18H17N5. The monoisotopic (exact) mass is 303 g/mol. The quantitative estimate of drug-likeness (QED) is 0.744. The molecule has 0 atom stereocenters. The lowest BCUT2D eigenvalue weighted by molar-refractivity contribution is 0.607. The standard InChI is InChI=1S/C18H17N5/c1-13-6-8-14(9-7-13)16-18(23-11-4-12-23)20-17(22-21-16)15-5-2-3-10-19-15/h2-3,5-10H,4,11-12H2,1H3. The fourth-order valence-corrected chi connectivity index (χ4v) is 2.57. The van der Waals surface area contributed by atoms with Gasteiger partial charge in [-0.3, -0.25) is 4.98 Å². The molecule has 0 N–H and O–H groups in total. The van der Waals surface area contributed by atoms with Gasteiger partial charge in [-0.1, -0.05) is 35.9 Å². The highest BCUT2D eigenvalue weighted by atomic mass is 15.3. The molecule has 0 saturated carbocycles. The van der Waals surface area contributed by atoms with Crippen LogP contribution in [0.4, 0.5) is 5.82 Å². The molecule has 0 amide bonds. The lowest BCUT2D eigenvalue weighted by Gasteiger charge is -2.33. The molecule has 114 valence electrons. The molecule has 0 radical (unpaired) electrons. The van der Waals surface area contributed by atoms with E-state index in [0.29, 0.717) is 5.82 Å². The fourth-order valence-electron chi connectivity index (χ4n) is 2.57. The van der Waals surface area contributed by atoms with Gasteiger partial charge < -0.3 is 4.90 Å². The van der Waals surface area contributed by atoms with Crippen LogP contribution < -0.4 is 4.90 Å². The minimum Gasteiger partial charge on any atom is -0.355 e. The van der Waals surface area contributed by atoms with E-state index in [-0.39, 0.29) is 0 Å². The summed E-state index contributed by atoms with van der Waals surface area (Å²) < 4.78 is 0. The van der Waals surface area contributed by atoms with Crippen molar-refractivity contribution >= 4 is 5.82 Å². The largest absolute Gasteiger partial charge is 0.355 e. The molecule has 1 aliphatic rings. The molecule has 3 heterocycles. The van der Waals surface area contributed by atoms with Crippen molar-refractivity contribution in [1.82, 2.24) is 20.2 Å². The second kappa shape index (κ2) is 5.76. The van der Waals surface area contributed by atoms with Gasteiger partial charge in [0.15, 0.2) is 5.82 Å². The maximum atomic E-state index is 4.75. The summed E-state index contributed by atoms with van der Waals surface area (Å²) in [5, 5.41) is 8.76. The van der Waals surface area contributed by atoms with Crippen LogP contribution in [0.2, 0.25) is 0 Å². The molecule has 1 fully saturated rings. The summed E-state index contributed by atoms with van der Waals surface area (Å²) in [7, 11) is 0. The van der Waals surface area contributed by atoms with Crippen molar-refractivity contribution in [2.75, 3.05) is 18.0 Å². The topological polar surface area (TPSA) is 54.8 Å². The number of hydrogen-bond acceptors (Lipinski definition) is 5. The minimum absolute atomic E-state index is 0.573. The molecule has 0 unspecified atom stereocenters. The highest BCUT2D eigenvalue weighted by molar-refractivity contribution is 5.73. The third-order valence-corrected chi connectivity index (χ3v) is 4.04. The minimum atomic E-state index is 0.573. The van der Waals surface area contributed by atoms with Crippen LogP contribution in [0, 0.1) is 6.92 Å². The fraction of sp³-hybridized carbons (Fsp3) is 0.222. The Hall–Kier alpha value is -2.82. The van der Waals surface area contributed by atoms with Gasteiger partial charge in [-0.15, -0.1) is 10.2 Å². The van der Waals surface area contributed by atoms with E-state index in [1.165, 1.54) is 12.0 Å². The first-order valence-electron chi connectivity index (χ1n) is 7.79. The van der Waals surface area contributed by atoms with Gasteiger partial charge in [-0.05, 0) is 25.5 Å². The van der Waals surface area contributed by atoms with Crippen molar-refractivity contribution in [3.8, 4) is 22.8 Å². The van der Waals surface area contributed by atoms with E-state index in [9.17, 15) is 0 Å². The highest BCUT2D eigenvalue weighted by Crippen LogP contribution is 2.30. The van der Waals surface area contributed by atoms with Crippen LogP contribution in [0.5, 0.6) is 0 Å². The second-order valence-electron chi connectivity index (χ2n) is 5.73. The SMILES string of the molecule is Cc1ccc(-c2nnc(-c3ccccn3)nc2N2CCC2)cc1. The Morgan fingerprint density at radius 1 is 0.957 bits per heavy atom. The van der Waals surface area contributed by atoms with Gasteiger partial charge in [0.2, 0.25) is 5.82 Å². The first-order valence-corrected chi connectivity index (χ1v) is 7.79. The van der Waals surface area contributed by atoms with Gasteiger partial charge >= 0.3 is 0 Å². The van der Waals surface area contributed by atoms with Gasteiger partial charge in [0.25, 0.3) is 0 Å². The molecule has 5 nitrogen and oxygen atoms in total. The Kier molecular flexibility index (Phi) is 3.46. The molecule has 0 aliphatic carbocycles. The van der Waals surface area contributed by atoms with E-state index in [4.69, 9.17) is 4.98 Å². The van der Waals surface area contributed by atoms with E-state index in [0.717, 1.165) is 35.9 Å². The number of pyridine rings is 1. The molecule has 0 spiro atoms. The molecule has 2 aromatic heterocycles. The number of rotatable bonds is 3. The van der Waals surface area contributed by atoms with Crippen molar-refractivity contribution in [2.24, 2.45) is 0 Å². The zero-order valence-electron chi connectivity index (χ0n) is 13.0. The lowest BCUT2D eigenvalue weighted by Crippen LogP contribution is -2.38. The van der Waals surface area contributed by atoms with Crippen molar-refractivity contribution < 1.29 is 0 Å². The van der Waals surface area contributed by atoms with Gasteiger partial charge in [-0.2, -0.15) is 0 Å². The number of aryl methyl sites for hydroxylation is 1. The molecular weight excluding hydrogens is 286 g/mol. The predicted molar refractivity (Wildman–Crippen MR) is 90.1 cm³/mol. The molecule has 1 aliphatic heterocycles. The third kappa shape index (κ3) is 2.65. The summed E-state index contributed by atoms with van der Waals surface area (Å²) >= 11 is 0. The Morgan fingerprint density at radius 2 is 1.78 bits per heavy atom. The summed E-state index contributed by atoms with van der Waals surface area (Å²) in [5.74, 6) is 1.47. The van der Waals surface area contributed by atoms with Crippen molar-refractivity contribution in [3.05, 3.63) is 54.2 Å². The van der Waals surface area contributed by atoms with Gasteiger partial charge in [0, 0.05) is 24.8 Å². The number of aromatic nitrogens is 4. The number of anilines is 1. The van der Waals surface area contributed by atoms with Crippen LogP contribution in [0.15, 0.2) is 48.7 Å². The molecule has 3 aromatic rings. The predicted octanol–water partition coefficient (Wildman–Crippen LogP) is 3.12. The van der Waals surface area contributed by atoms with Crippen LogP contribution in [0.1, 0.15) is 12.0 Å². The number of benzene rings is 1. The maximum absolute atomic E-state index is 4.75. The normalized spacial score (nSPS) is 13.7. The number of hydrogen-bond donors (Lipinski definition) is 0. The van der Waals surface area contributed by atoms with E-state index < -0.39 is 0 Å². The van der Waals surface area contributed by atoms with Gasteiger partial charge in [0.05, 0.1) is 0 Å². The Balaban J connectivity index is 1.81. The number of nitrogens with zero attached hydrogens (tertiary/aromatic N) is 5. The molecule has 1 aromatic carbocycles. The summed E-state index contributed by atoms with van der Waals surface area (Å²) in [6, 6.07) is 14.0. The molecule has 0 bridgehead atoms. The summed E-state index contributed by atoms with van der Waals surface area (Å²) in [6.45, 7) is 4.10. The average Bonchev–Trinajstić information content (AvgIpc) is 2.55. The van der Waals surface area contributed by atoms with Crippen LogP contribution in [-0.2, 0) is 0 Å². The summed E-state index contributed by atoms with van der Waals surface area (Å²) in [6.07, 6.45) is 2.94. The molecule has 23 heavy (non-hydrogen) atoms. The average molecular weight is 303 g/mol. The Bertz CT molecular complexity index is 811. The Labute approximate surface area is 135 Å². The summed E-state index contributed by atoms with van der Waals surface area (Å²) in [5.41, 5.74) is 3.86. The maximum Gasteiger partial charge on any atom is 0.202 e. The molecule has 4 rings (SSSR count). The van der Waals surface area contributed by atoms with Crippen molar-refractivity contribution in [1.29, 1.82) is 0 Å². The molecule has 1 saturated heterocycles. The van der Waals surface area contributed by atoms with E-state index in [2.05, 4.69) is 51.3 Å². The smallest absolute Gasteiger partial charge is 0.202 e. The van der Waals surface area contributed by atoms with Gasteiger partial charge in [-0.25, -0.2) is 4.98 Å².